The predicted molar refractivity (Wildman–Crippen MR) is 105 cm³/mol. The van der Waals surface area contributed by atoms with E-state index in [0.717, 1.165) is 60.8 Å². The van der Waals surface area contributed by atoms with Crippen LogP contribution in [0, 0.1) is 0 Å². The van der Waals surface area contributed by atoms with Gasteiger partial charge in [0.15, 0.2) is 5.16 Å². The van der Waals surface area contributed by atoms with E-state index < -0.39 is 0 Å². The zero-order chi connectivity index (χ0) is 17.6. The van der Waals surface area contributed by atoms with Gasteiger partial charge in [0, 0.05) is 23.2 Å². The molecule has 3 rings (SSSR count). The average molecular weight is 377 g/mol. The molecule has 6 heteroatoms. The van der Waals surface area contributed by atoms with Gasteiger partial charge in [-0.2, -0.15) is 0 Å². The molecule has 1 aromatic carbocycles. The van der Waals surface area contributed by atoms with E-state index in [9.17, 15) is 0 Å². The molecule has 1 saturated heterocycles. The number of benzene rings is 1. The second-order valence-electron chi connectivity index (χ2n) is 6.37. The molecule has 0 spiro atoms. The molecule has 0 bridgehead atoms. The van der Waals surface area contributed by atoms with Crippen LogP contribution in [0.3, 0.4) is 0 Å². The lowest BCUT2D eigenvalue weighted by atomic mass is 9.96. The van der Waals surface area contributed by atoms with Crippen molar-refractivity contribution in [2.75, 3.05) is 19.6 Å². The van der Waals surface area contributed by atoms with Crippen molar-refractivity contribution in [1.82, 2.24) is 19.7 Å². The third-order valence-electron chi connectivity index (χ3n) is 4.71. The molecule has 0 unspecified atom stereocenters. The van der Waals surface area contributed by atoms with Gasteiger partial charge in [0.05, 0.1) is 0 Å². The third kappa shape index (κ3) is 4.66. The molecule has 2 aromatic rings. The van der Waals surface area contributed by atoms with Crippen molar-refractivity contribution < 1.29 is 0 Å². The van der Waals surface area contributed by atoms with Gasteiger partial charge in [-0.1, -0.05) is 48.5 Å². The summed E-state index contributed by atoms with van der Waals surface area (Å²) in [6, 6.07) is 7.98. The molecule has 2 heterocycles. The number of aromatic nitrogens is 3. The molecule has 134 valence electrons. The summed E-state index contributed by atoms with van der Waals surface area (Å²) < 4.78 is 2.23. The van der Waals surface area contributed by atoms with Gasteiger partial charge in [-0.15, -0.1) is 16.8 Å². The molecular weight excluding hydrogens is 352 g/mol. The molecule has 0 N–H and O–H groups in total. The highest BCUT2D eigenvalue weighted by Crippen LogP contribution is 2.30. The minimum absolute atomic E-state index is 0.496. The number of nitrogens with zero attached hydrogens (tertiary/aromatic N) is 4. The lowest BCUT2D eigenvalue weighted by Gasteiger charge is -2.30. The second kappa shape index (κ2) is 8.88. The Morgan fingerprint density at radius 3 is 2.80 bits per heavy atom. The van der Waals surface area contributed by atoms with Crippen molar-refractivity contribution in [3.63, 3.8) is 0 Å². The van der Waals surface area contributed by atoms with Gasteiger partial charge in [0.25, 0.3) is 0 Å². The van der Waals surface area contributed by atoms with Gasteiger partial charge < -0.3 is 9.47 Å². The molecule has 0 radical (unpaired) electrons. The van der Waals surface area contributed by atoms with Crippen LogP contribution in [0.25, 0.3) is 0 Å². The Balaban J connectivity index is 1.72. The van der Waals surface area contributed by atoms with Gasteiger partial charge in [-0.25, -0.2) is 0 Å². The van der Waals surface area contributed by atoms with Crippen molar-refractivity contribution in [3.8, 4) is 0 Å². The number of hydrogen-bond acceptors (Lipinski definition) is 4. The molecule has 0 amide bonds. The molecule has 0 aliphatic carbocycles. The number of thioether (sulfide) groups is 1. The van der Waals surface area contributed by atoms with E-state index in [1.54, 1.807) is 11.8 Å². The minimum Gasteiger partial charge on any atom is -0.304 e. The Morgan fingerprint density at radius 2 is 2.12 bits per heavy atom. The number of hydrogen-bond donors (Lipinski definition) is 0. The van der Waals surface area contributed by atoms with Crippen LogP contribution in [0.15, 0.2) is 42.1 Å². The van der Waals surface area contributed by atoms with Crippen LogP contribution in [-0.2, 0) is 12.3 Å². The van der Waals surface area contributed by atoms with Crippen LogP contribution in [-0.4, -0.2) is 39.3 Å². The Morgan fingerprint density at radius 1 is 1.32 bits per heavy atom. The topological polar surface area (TPSA) is 34.0 Å². The number of likely N-dealkylation sites (tertiary alicyclic amines) is 1. The molecule has 1 fully saturated rings. The Labute approximate surface area is 159 Å². The Kier molecular flexibility index (Phi) is 6.57. The standard InChI is InChI=1S/C19H25ClN4S/c1-3-10-24-18(16-8-11-23(4-2)12-9-16)21-22-19(24)25-14-15-6-5-7-17(20)13-15/h3,5-7,13,16H,1,4,8-12,14H2,2H3. The SMILES string of the molecule is C=CCn1c(SCc2cccc(Cl)c2)nnc1C1CCN(CC)CC1. The first-order chi connectivity index (χ1) is 12.2. The van der Waals surface area contributed by atoms with Crippen LogP contribution in [0.2, 0.25) is 5.02 Å². The quantitative estimate of drug-likeness (QED) is 0.522. The molecule has 1 aromatic heterocycles. The van der Waals surface area contributed by atoms with Crippen molar-refractivity contribution in [3.05, 3.63) is 53.3 Å². The van der Waals surface area contributed by atoms with Crippen LogP contribution < -0.4 is 0 Å². The summed E-state index contributed by atoms with van der Waals surface area (Å²) in [5, 5.41) is 10.7. The molecular formula is C19H25ClN4S. The summed E-state index contributed by atoms with van der Waals surface area (Å²) >= 11 is 7.79. The maximum absolute atomic E-state index is 6.08. The zero-order valence-electron chi connectivity index (χ0n) is 14.7. The summed E-state index contributed by atoms with van der Waals surface area (Å²) in [5.74, 6) is 2.45. The molecule has 1 aliphatic rings. The van der Waals surface area contributed by atoms with Crippen molar-refractivity contribution in [1.29, 1.82) is 0 Å². The largest absolute Gasteiger partial charge is 0.304 e. The minimum atomic E-state index is 0.496. The number of allylic oxidation sites excluding steroid dienone is 1. The maximum atomic E-state index is 6.08. The maximum Gasteiger partial charge on any atom is 0.191 e. The molecule has 25 heavy (non-hydrogen) atoms. The predicted octanol–water partition coefficient (Wildman–Crippen LogP) is 4.61. The van der Waals surface area contributed by atoms with Crippen molar-refractivity contribution in [2.45, 2.75) is 43.1 Å². The van der Waals surface area contributed by atoms with E-state index >= 15 is 0 Å². The molecule has 4 nitrogen and oxygen atoms in total. The Bertz CT molecular complexity index is 707. The average Bonchev–Trinajstić information content (AvgIpc) is 3.03. The molecule has 1 aliphatic heterocycles. The van der Waals surface area contributed by atoms with Crippen LogP contribution in [0.1, 0.15) is 37.1 Å². The molecule has 0 atom stereocenters. The highest BCUT2D eigenvalue weighted by Gasteiger charge is 2.25. The number of rotatable bonds is 7. The fourth-order valence-electron chi connectivity index (χ4n) is 3.29. The van der Waals surface area contributed by atoms with Crippen LogP contribution in [0.5, 0.6) is 0 Å². The number of piperidine rings is 1. The van der Waals surface area contributed by atoms with Crippen LogP contribution in [0.4, 0.5) is 0 Å². The van der Waals surface area contributed by atoms with E-state index in [-0.39, 0.29) is 0 Å². The zero-order valence-corrected chi connectivity index (χ0v) is 16.3. The normalized spacial score (nSPS) is 16.2. The highest BCUT2D eigenvalue weighted by atomic mass is 35.5. The first-order valence-corrected chi connectivity index (χ1v) is 10.2. The van der Waals surface area contributed by atoms with Crippen molar-refractivity contribution in [2.24, 2.45) is 0 Å². The van der Waals surface area contributed by atoms with Gasteiger partial charge >= 0.3 is 0 Å². The summed E-state index contributed by atoms with van der Waals surface area (Å²) in [7, 11) is 0. The first kappa shape index (κ1) is 18.5. The lowest BCUT2D eigenvalue weighted by molar-refractivity contribution is 0.217. The fraction of sp³-hybridized carbons (Fsp3) is 0.474. The van der Waals surface area contributed by atoms with Gasteiger partial charge in [0.1, 0.15) is 5.82 Å². The highest BCUT2D eigenvalue weighted by molar-refractivity contribution is 7.98. The molecule has 0 saturated carbocycles. The first-order valence-electron chi connectivity index (χ1n) is 8.84. The van der Waals surface area contributed by atoms with E-state index in [1.165, 1.54) is 5.56 Å². The van der Waals surface area contributed by atoms with Gasteiger partial charge in [-0.05, 0) is 50.2 Å². The second-order valence-corrected chi connectivity index (χ2v) is 7.75. The monoisotopic (exact) mass is 376 g/mol. The summed E-state index contributed by atoms with van der Waals surface area (Å²) in [5.41, 5.74) is 1.20. The van der Waals surface area contributed by atoms with Crippen molar-refractivity contribution >= 4 is 23.4 Å². The number of halogens is 1. The van der Waals surface area contributed by atoms with E-state index in [1.807, 2.05) is 24.3 Å². The lowest BCUT2D eigenvalue weighted by Crippen LogP contribution is -2.33. The van der Waals surface area contributed by atoms with Gasteiger partial charge in [-0.3, -0.25) is 0 Å². The van der Waals surface area contributed by atoms with E-state index in [4.69, 9.17) is 11.6 Å². The Hall–Kier alpha value is -1.30. The van der Waals surface area contributed by atoms with Crippen LogP contribution >= 0.6 is 23.4 Å². The summed E-state index contributed by atoms with van der Waals surface area (Å²) in [6.07, 6.45) is 4.24. The van der Waals surface area contributed by atoms with E-state index in [2.05, 4.69) is 39.2 Å². The van der Waals surface area contributed by atoms with Gasteiger partial charge in [0.2, 0.25) is 0 Å². The summed E-state index contributed by atoms with van der Waals surface area (Å²) in [4.78, 5) is 2.50. The third-order valence-corrected chi connectivity index (χ3v) is 5.99. The summed E-state index contributed by atoms with van der Waals surface area (Å²) in [6.45, 7) is 10.3. The van der Waals surface area contributed by atoms with E-state index in [0.29, 0.717) is 5.92 Å². The fourth-order valence-corrected chi connectivity index (χ4v) is 4.40. The smallest absolute Gasteiger partial charge is 0.191 e.